The van der Waals surface area contributed by atoms with Crippen molar-refractivity contribution in [1.82, 2.24) is 19.5 Å². The number of sulfonamides is 1. The first kappa shape index (κ1) is 25.2. The fourth-order valence-corrected chi connectivity index (χ4v) is 5.33. The van der Waals surface area contributed by atoms with Gasteiger partial charge in [-0.05, 0) is 54.8 Å². The largest absolute Gasteiger partial charge is 0.433 e. The molecule has 1 aliphatic carbocycles. The molecule has 0 saturated heterocycles. The van der Waals surface area contributed by atoms with E-state index in [1.807, 2.05) is 0 Å². The van der Waals surface area contributed by atoms with Crippen molar-refractivity contribution in [3.8, 4) is 5.69 Å². The van der Waals surface area contributed by atoms with Gasteiger partial charge >= 0.3 is 6.18 Å². The molecular weight excluding hydrogens is 531 g/mol. The summed E-state index contributed by atoms with van der Waals surface area (Å²) in [6.07, 6.45) is -0.721. The van der Waals surface area contributed by atoms with Crippen LogP contribution in [-0.4, -0.2) is 34.3 Å². The van der Waals surface area contributed by atoms with E-state index in [2.05, 4.69) is 20.1 Å². The molecule has 2 heterocycles. The van der Waals surface area contributed by atoms with E-state index < -0.39 is 27.8 Å². The lowest BCUT2D eigenvalue weighted by Gasteiger charge is -2.11. The van der Waals surface area contributed by atoms with E-state index in [-0.39, 0.29) is 22.4 Å². The first-order chi connectivity index (χ1) is 17.5. The van der Waals surface area contributed by atoms with Gasteiger partial charge in [0.1, 0.15) is 5.69 Å². The summed E-state index contributed by atoms with van der Waals surface area (Å²) in [5, 5.41) is 7.40. The van der Waals surface area contributed by atoms with E-state index in [0.717, 1.165) is 12.3 Å². The zero-order chi connectivity index (χ0) is 26.4. The maximum atomic E-state index is 13.1. The number of carbonyl (C=O) groups is 1. The smallest absolute Gasteiger partial charge is 0.321 e. The molecule has 0 radical (unpaired) electrons. The van der Waals surface area contributed by atoms with Crippen molar-refractivity contribution in [2.75, 3.05) is 5.32 Å². The predicted octanol–water partition coefficient (Wildman–Crippen LogP) is 4.93. The molecule has 13 heteroatoms. The topological polar surface area (TPSA) is 106 Å². The number of benzene rings is 2. The normalized spacial score (nSPS) is 14.2. The van der Waals surface area contributed by atoms with Crippen LogP contribution >= 0.6 is 11.6 Å². The molecule has 2 aromatic carbocycles. The third-order valence-electron chi connectivity index (χ3n) is 5.86. The lowest BCUT2D eigenvalue weighted by Crippen LogP contribution is -2.26. The minimum Gasteiger partial charge on any atom is -0.321 e. The van der Waals surface area contributed by atoms with Gasteiger partial charge in [-0.3, -0.25) is 4.79 Å². The number of pyridine rings is 1. The lowest BCUT2D eigenvalue weighted by atomic mass is 10.1. The molecular formula is C24H19ClF3N5O3S. The SMILES string of the molecule is O=C(Nc1cccc2c1cnn2-c1ccc(C(F)(F)F)nc1)c1cc(CNS(=O)(=O)C2CC2)ccc1Cl. The quantitative estimate of drug-likeness (QED) is 0.340. The number of amides is 1. The zero-order valence-electron chi connectivity index (χ0n) is 19.0. The van der Waals surface area contributed by atoms with Crippen molar-refractivity contribution in [2.24, 2.45) is 0 Å². The standard InChI is InChI=1S/C24H19ClF3N5O3S/c25-19-8-4-14(11-31-37(35,36)16-6-7-16)10-17(19)23(34)32-20-2-1-3-21-18(20)13-30-33(21)15-5-9-22(29-12-15)24(26,27)28/h1-5,8-10,12-13,16,31H,6-7,11H2,(H,32,34). The van der Waals surface area contributed by atoms with Crippen molar-refractivity contribution in [1.29, 1.82) is 0 Å². The first-order valence-corrected chi connectivity index (χ1v) is 13.0. The Kier molecular flexibility index (Phi) is 6.42. The van der Waals surface area contributed by atoms with E-state index in [1.165, 1.54) is 29.1 Å². The maximum Gasteiger partial charge on any atom is 0.433 e. The Morgan fingerprint density at radius 3 is 2.57 bits per heavy atom. The van der Waals surface area contributed by atoms with E-state index in [9.17, 15) is 26.4 Å². The summed E-state index contributed by atoms with van der Waals surface area (Å²) in [7, 11) is -3.38. The van der Waals surface area contributed by atoms with Crippen LogP contribution in [0.3, 0.4) is 0 Å². The zero-order valence-corrected chi connectivity index (χ0v) is 20.5. The molecule has 4 aromatic rings. The Labute approximate surface area is 214 Å². The number of alkyl halides is 3. The van der Waals surface area contributed by atoms with E-state index >= 15 is 0 Å². The summed E-state index contributed by atoms with van der Waals surface area (Å²) in [6.45, 7) is 0.0276. The van der Waals surface area contributed by atoms with Crippen molar-refractivity contribution in [3.05, 3.63) is 82.8 Å². The Hall–Kier alpha value is -3.48. The highest BCUT2D eigenvalue weighted by atomic mass is 35.5. The van der Waals surface area contributed by atoms with Crippen LogP contribution in [0.1, 0.15) is 34.5 Å². The van der Waals surface area contributed by atoms with Gasteiger partial charge in [-0.25, -0.2) is 22.8 Å². The molecule has 1 aliphatic rings. The average molecular weight is 550 g/mol. The number of rotatable bonds is 7. The molecule has 5 rings (SSSR count). The molecule has 0 bridgehead atoms. The Morgan fingerprint density at radius 1 is 1.11 bits per heavy atom. The van der Waals surface area contributed by atoms with E-state index in [0.29, 0.717) is 40.7 Å². The summed E-state index contributed by atoms with van der Waals surface area (Å²) >= 11 is 6.25. The monoisotopic (exact) mass is 549 g/mol. The number of anilines is 1. The Balaban J connectivity index is 1.38. The van der Waals surface area contributed by atoms with Crippen LogP contribution in [-0.2, 0) is 22.7 Å². The van der Waals surface area contributed by atoms with Crippen LogP contribution in [0.2, 0.25) is 5.02 Å². The third kappa shape index (κ3) is 5.31. The molecule has 8 nitrogen and oxygen atoms in total. The van der Waals surface area contributed by atoms with E-state index in [1.54, 1.807) is 24.3 Å². The molecule has 0 aliphatic heterocycles. The van der Waals surface area contributed by atoms with Gasteiger partial charge in [0.05, 0.1) is 45.1 Å². The van der Waals surface area contributed by atoms with Gasteiger partial charge in [0.25, 0.3) is 5.91 Å². The van der Waals surface area contributed by atoms with Gasteiger partial charge in [-0.1, -0.05) is 23.7 Å². The minimum atomic E-state index is -4.55. The van der Waals surface area contributed by atoms with Crippen LogP contribution < -0.4 is 10.0 Å². The van der Waals surface area contributed by atoms with Gasteiger partial charge in [0, 0.05) is 11.9 Å². The number of hydrogen-bond donors (Lipinski definition) is 2. The van der Waals surface area contributed by atoms with Crippen LogP contribution in [0.4, 0.5) is 18.9 Å². The second-order valence-corrected chi connectivity index (χ2v) is 11.0. The molecule has 1 amide bonds. The molecule has 0 spiro atoms. The fourth-order valence-electron chi connectivity index (χ4n) is 3.77. The predicted molar refractivity (Wildman–Crippen MR) is 132 cm³/mol. The second kappa shape index (κ2) is 9.43. The van der Waals surface area contributed by atoms with Crippen molar-refractivity contribution >= 4 is 44.1 Å². The molecule has 37 heavy (non-hydrogen) atoms. The number of nitrogens with one attached hydrogen (secondary N) is 2. The molecule has 0 atom stereocenters. The Bertz CT molecular complexity index is 1600. The highest BCUT2D eigenvalue weighted by Crippen LogP contribution is 2.30. The average Bonchev–Trinajstić information content (AvgIpc) is 3.64. The van der Waals surface area contributed by atoms with Gasteiger partial charge in [-0.2, -0.15) is 18.3 Å². The van der Waals surface area contributed by atoms with Crippen LogP contribution in [0.15, 0.2) is 60.9 Å². The third-order valence-corrected chi connectivity index (χ3v) is 8.09. The Morgan fingerprint density at radius 2 is 1.89 bits per heavy atom. The molecule has 1 saturated carbocycles. The van der Waals surface area contributed by atoms with Crippen molar-refractivity contribution in [2.45, 2.75) is 30.8 Å². The maximum absolute atomic E-state index is 13.1. The highest BCUT2D eigenvalue weighted by molar-refractivity contribution is 7.90. The van der Waals surface area contributed by atoms with Crippen molar-refractivity contribution < 1.29 is 26.4 Å². The van der Waals surface area contributed by atoms with Crippen LogP contribution in [0, 0.1) is 0 Å². The highest BCUT2D eigenvalue weighted by Gasteiger charge is 2.35. The summed E-state index contributed by atoms with van der Waals surface area (Å²) in [6, 6.07) is 11.8. The molecule has 2 aromatic heterocycles. The number of nitrogens with zero attached hydrogens (tertiary/aromatic N) is 3. The summed E-state index contributed by atoms with van der Waals surface area (Å²) < 4.78 is 66.7. The molecule has 2 N–H and O–H groups in total. The minimum absolute atomic E-state index is 0.0276. The number of aromatic nitrogens is 3. The van der Waals surface area contributed by atoms with Crippen LogP contribution in [0.5, 0.6) is 0 Å². The van der Waals surface area contributed by atoms with Crippen molar-refractivity contribution in [3.63, 3.8) is 0 Å². The number of carbonyl (C=O) groups excluding carboxylic acids is 1. The van der Waals surface area contributed by atoms with Gasteiger partial charge in [0.2, 0.25) is 10.0 Å². The number of hydrogen-bond acceptors (Lipinski definition) is 5. The summed E-state index contributed by atoms with van der Waals surface area (Å²) in [5.41, 5.74) is 0.968. The van der Waals surface area contributed by atoms with Gasteiger partial charge < -0.3 is 5.32 Å². The molecule has 0 unspecified atom stereocenters. The van der Waals surface area contributed by atoms with Crippen LogP contribution in [0.25, 0.3) is 16.6 Å². The second-order valence-electron chi connectivity index (χ2n) is 8.53. The summed E-state index contributed by atoms with van der Waals surface area (Å²) in [4.78, 5) is 16.6. The number of halogens is 4. The van der Waals surface area contributed by atoms with E-state index in [4.69, 9.17) is 11.6 Å². The van der Waals surface area contributed by atoms with Gasteiger partial charge in [0.15, 0.2) is 0 Å². The summed E-state index contributed by atoms with van der Waals surface area (Å²) in [5.74, 6) is -0.520. The lowest BCUT2D eigenvalue weighted by molar-refractivity contribution is -0.141. The van der Waals surface area contributed by atoms with Gasteiger partial charge in [-0.15, -0.1) is 0 Å². The fraction of sp³-hybridized carbons (Fsp3) is 0.208. The molecule has 1 fully saturated rings. The molecule has 192 valence electrons. The first-order valence-electron chi connectivity index (χ1n) is 11.1. The number of fused-ring (bicyclic) bond motifs is 1.